The Morgan fingerprint density at radius 3 is 1.81 bits per heavy atom. The first-order chi connectivity index (χ1) is 7.29. The van der Waals surface area contributed by atoms with Crippen molar-refractivity contribution in [3.05, 3.63) is 28.8 Å². The molecule has 0 aromatic heterocycles. The van der Waals surface area contributed by atoms with Crippen LogP contribution in [-0.4, -0.2) is 19.3 Å². The van der Waals surface area contributed by atoms with Crippen LogP contribution in [0.15, 0.2) is 0 Å². The van der Waals surface area contributed by atoms with E-state index in [2.05, 4.69) is 0 Å². The predicted molar refractivity (Wildman–Crippen MR) is 50.8 cm³/mol. The van der Waals surface area contributed by atoms with E-state index in [1.54, 1.807) is 0 Å². The van der Waals surface area contributed by atoms with Crippen LogP contribution in [0, 0.1) is 23.3 Å². The van der Waals surface area contributed by atoms with Gasteiger partial charge in [-0.25, -0.2) is 17.6 Å². The van der Waals surface area contributed by atoms with E-state index in [0.717, 1.165) is 4.90 Å². The van der Waals surface area contributed by atoms with Gasteiger partial charge in [-0.05, 0) is 11.6 Å². The van der Waals surface area contributed by atoms with Crippen LogP contribution in [0.1, 0.15) is 10.4 Å². The van der Waals surface area contributed by atoms with Crippen molar-refractivity contribution in [2.45, 2.75) is 0 Å². The highest BCUT2D eigenvalue weighted by Gasteiger charge is 2.29. The number of halogens is 5. The first kappa shape index (κ1) is 12.8. The lowest BCUT2D eigenvalue weighted by atomic mass is 10.1. The summed E-state index contributed by atoms with van der Waals surface area (Å²) in [5.74, 6) is -7.51. The Hall–Kier alpha value is -1.30. The molecule has 2 nitrogen and oxygen atoms in total. The number of hydrogen-bond acceptors (Lipinski definition) is 2. The van der Waals surface area contributed by atoms with Gasteiger partial charge in [-0.1, -0.05) is 0 Å². The molecule has 88 valence electrons. The van der Waals surface area contributed by atoms with Gasteiger partial charge in [-0.15, -0.1) is 0 Å². The van der Waals surface area contributed by atoms with E-state index >= 15 is 0 Å². The molecule has 0 aliphatic rings. The maximum atomic E-state index is 13.3. The Morgan fingerprint density at radius 1 is 1.00 bits per heavy atom. The maximum absolute atomic E-state index is 13.3. The van der Waals surface area contributed by atoms with Gasteiger partial charge in [-0.2, -0.15) is 0 Å². The maximum Gasteiger partial charge on any atom is 0.257 e. The zero-order valence-electron chi connectivity index (χ0n) is 8.25. The summed E-state index contributed by atoms with van der Waals surface area (Å²) in [5.41, 5.74) is -1.75. The Kier molecular flexibility index (Phi) is 3.42. The normalized spacial score (nSPS) is 10.4. The van der Waals surface area contributed by atoms with Crippen molar-refractivity contribution in [2.75, 3.05) is 19.0 Å². The van der Waals surface area contributed by atoms with Crippen LogP contribution in [0.4, 0.5) is 23.2 Å². The number of carbonyl (C=O) groups is 1. The van der Waals surface area contributed by atoms with Crippen LogP contribution in [-0.2, 0) is 0 Å². The lowest BCUT2D eigenvalue weighted by molar-refractivity contribution is 0.107. The van der Waals surface area contributed by atoms with Crippen LogP contribution in [0.25, 0.3) is 0 Å². The molecule has 0 saturated carbocycles. The van der Waals surface area contributed by atoms with Crippen LogP contribution in [0.2, 0.25) is 0 Å². The third-order valence-corrected chi connectivity index (χ3v) is 2.08. The molecular weight excluding hydrogens is 250 g/mol. The second-order valence-electron chi connectivity index (χ2n) is 3.15. The fourth-order valence-electron chi connectivity index (χ4n) is 1.22. The molecule has 0 bridgehead atoms. The zero-order valence-corrected chi connectivity index (χ0v) is 9.00. The van der Waals surface area contributed by atoms with Gasteiger partial charge in [0.2, 0.25) is 0 Å². The summed E-state index contributed by atoms with van der Waals surface area (Å²) < 4.78 is 52.2. The molecule has 0 spiro atoms. The third-order valence-electron chi connectivity index (χ3n) is 1.89. The van der Waals surface area contributed by atoms with Gasteiger partial charge in [0.05, 0.1) is 11.3 Å². The van der Waals surface area contributed by atoms with Crippen molar-refractivity contribution in [1.82, 2.24) is 0 Å². The van der Waals surface area contributed by atoms with E-state index in [-0.39, 0.29) is 0 Å². The second-order valence-corrected chi connectivity index (χ2v) is 3.49. The summed E-state index contributed by atoms with van der Waals surface area (Å²) in [6.45, 7) is 0. The molecule has 0 fully saturated rings. The number of carbonyl (C=O) groups excluding carboxylic acids is 1. The highest BCUT2D eigenvalue weighted by Crippen LogP contribution is 2.31. The minimum Gasteiger partial charge on any atom is -0.374 e. The van der Waals surface area contributed by atoms with Crippen molar-refractivity contribution in [3.8, 4) is 0 Å². The standard InChI is InChI=1S/C9H6ClF4NO/c1-15(2)8-3(9(10)16)4(11)5(12)6(13)7(8)14/h1-2H3. The van der Waals surface area contributed by atoms with Gasteiger partial charge in [-0.3, -0.25) is 4.79 Å². The summed E-state index contributed by atoms with van der Waals surface area (Å²) in [4.78, 5) is 11.8. The molecule has 0 saturated heterocycles. The topological polar surface area (TPSA) is 20.3 Å². The quantitative estimate of drug-likeness (QED) is 0.350. The average Bonchev–Trinajstić information content (AvgIpc) is 2.18. The molecular formula is C9H6ClF4NO. The van der Waals surface area contributed by atoms with Crippen molar-refractivity contribution >= 4 is 22.5 Å². The summed E-state index contributed by atoms with van der Waals surface area (Å²) in [6, 6.07) is 0. The van der Waals surface area contributed by atoms with Crippen molar-refractivity contribution in [2.24, 2.45) is 0 Å². The fourth-order valence-corrected chi connectivity index (χ4v) is 1.39. The third kappa shape index (κ3) is 1.84. The predicted octanol–water partition coefficient (Wildman–Crippen LogP) is 2.69. The summed E-state index contributed by atoms with van der Waals surface area (Å²) in [7, 11) is 2.47. The molecule has 0 radical (unpaired) electrons. The van der Waals surface area contributed by atoms with Gasteiger partial charge >= 0.3 is 0 Å². The zero-order chi connectivity index (χ0) is 12.6. The molecule has 0 aliphatic carbocycles. The number of nitrogens with zero attached hydrogens (tertiary/aromatic N) is 1. The Morgan fingerprint density at radius 2 is 1.44 bits per heavy atom. The van der Waals surface area contributed by atoms with Crippen LogP contribution < -0.4 is 4.90 Å². The van der Waals surface area contributed by atoms with E-state index in [9.17, 15) is 22.4 Å². The number of hydrogen-bond donors (Lipinski definition) is 0. The molecule has 0 aliphatic heterocycles. The SMILES string of the molecule is CN(C)c1c(F)c(F)c(F)c(F)c1C(=O)Cl. The molecule has 0 amide bonds. The van der Waals surface area contributed by atoms with E-state index in [4.69, 9.17) is 11.6 Å². The number of anilines is 1. The highest BCUT2D eigenvalue weighted by molar-refractivity contribution is 6.68. The highest BCUT2D eigenvalue weighted by atomic mass is 35.5. The van der Waals surface area contributed by atoms with Gasteiger partial charge in [0.1, 0.15) is 0 Å². The molecule has 16 heavy (non-hydrogen) atoms. The summed E-state index contributed by atoms with van der Waals surface area (Å²) in [5, 5.41) is -1.40. The monoisotopic (exact) mass is 255 g/mol. The minimum absolute atomic E-state index is 0.726. The van der Waals surface area contributed by atoms with Crippen LogP contribution in [0.5, 0.6) is 0 Å². The summed E-state index contributed by atoms with van der Waals surface area (Å²) in [6.07, 6.45) is 0. The van der Waals surface area contributed by atoms with Gasteiger partial charge in [0.25, 0.3) is 5.24 Å². The van der Waals surface area contributed by atoms with Crippen molar-refractivity contribution < 1.29 is 22.4 Å². The largest absolute Gasteiger partial charge is 0.374 e. The van der Waals surface area contributed by atoms with E-state index < -0.39 is 39.8 Å². The van der Waals surface area contributed by atoms with Crippen LogP contribution in [0.3, 0.4) is 0 Å². The number of rotatable bonds is 2. The van der Waals surface area contributed by atoms with Gasteiger partial charge in [0, 0.05) is 14.1 Å². The molecule has 0 N–H and O–H groups in total. The first-order valence-corrected chi connectivity index (χ1v) is 4.40. The lowest BCUT2D eigenvalue weighted by Crippen LogP contribution is -2.18. The van der Waals surface area contributed by atoms with Crippen molar-refractivity contribution in [1.29, 1.82) is 0 Å². The van der Waals surface area contributed by atoms with E-state index in [1.807, 2.05) is 0 Å². The minimum atomic E-state index is -2.06. The Labute approximate surface area is 93.4 Å². The summed E-state index contributed by atoms with van der Waals surface area (Å²) >= 11 is 4.99. The first-order valence-electron chi connectivity index (χ1n) is 4.02. The lowest BCUT2D eigenvalue weighted by Gasteiger charge is -2.17. The number of benzene rings is 1. The van der Waals surface area contributed by atoms with Crippen molar-refractivity contribution in [3.63, 3.8) is 0 Å². The second kappa shape index (κ2) is 4.29. The van der Waals surface area contributed by atoms with E-state index in [0.29, 0.717) is 0 Å². The van der Waals surface area contributed by atoms with Crippen LogP contribution >= 0.6 is 11.6 Å². The molecule has 1 rings (SSSR count). The Balaban J connectivity index is 3.76. The van der Waals surface area contributed by atoms with Gasteiger partial charge in [0.15, 0.2) is 23.3 Å². The Bertz CT molecular complexity index is 462. The molecule has 0 unspecified atom stereocenters. The smallest absolute Gasteiger partial charge is 0.257 e. The average molecular weight is 256 g/mol. The van der Waals surface area contributed by atoms with E-state index in [1.165, 1.54) is 14.1 Å². The fraction of sp³-hybridized carbons (Fsp3) is 0.222. The molecule has 0 atom stereocenters. The molecule has 0 heterocycles. The molecule has 1 aromatic carbocycles. The van der Waals surface area contributed by atoms with Gasteiger partial charge < -0.3 is 4.90 Å². The molecule has 1 aromatic rings. The molecule has 7 heteroatoms.